The third-order valence-corrected chi connectivity index (χ3v) is 15.8. The molecule has 2 aromatic carbocycles. The molecule has 4 heterocycles. The summed E-state index contributed by atoms with van der Waals surface area (Å²) in [6.45, 7) is 3.06. The predicted molar refractivity (Wildman–Crippen MR) is 219 cm³/mol. The Kier molecular flexibility index (Phi) is 9.72. The van der Waals surface area contributed by atoms with Crippen molar-refractivity contribution in [3.05, 3.63) is 74.6 Å². The molecule has 2 aliphatic heterocycles. The molecule has 2 aromatic heterocycles. The summed E-state index contributed by atoms with van der Waals surface area (Å²) in [5.41, 5.74) is 11.1. The average molecular weight is 860 g/mol. The fourth-order valence-electron chi connectivity index (χ4n) is 10.6. The summed E-state index contributed by atoms with van der Waals surface area (Å²) in [6.07, 6.45) is 9.57. The highest BCUT2D eigenvalue weighted by Crippen LogP contribution is 2.51. The first-order valence-corrected chi connectivity index (χ1v) is 23.8. The zero-order valence-electron chi connectivity index (χ0n) is 33.7. The predicted octanol–water partition coefficient (Wildman–Crippen LogP) is 3.62. The van der Waals surface area contributed by atoms with Gasteiger partial charge in [0, 0.05) is 43.6 Å². The number of nitrogens with one attached hydrogen (secondary N) is 4. The van der Waals surface area contributed by atoms with Crippen molar-refractivity contribution in [3.8, 4) is 5.88 Å². The number of aromatic nitrogens is 4. The summed E-state index contributed by atoms with van der Waals surface area (Å²) >= 11 is 0. The summed E-state index contributed by atoms with van der Waals surface area (Å²) < 4.78 is 72.4. The quantitative estimate of drug-likeness (QED) is 0.191. The minimum atomic E-state index is -4.31. The van der Waals surface area contributed by atoms with Crippen molar-refractivity contribution in [2.75, 3.05) is 44.5 Å². The van der Waals surface area contributed by atoms with E-state index in [1.165, 1.54) is 33.6 Å². The van der Waals surface area contributed by atoms with Crippen LogP contribution in [0.2, 0.25) is 0 Å². The summed E-state index contributed by atoms with van der Waals surface area (Å²) in [7, 11) is -4.97. The lowest BCUT2D eigenvalue weighted by atomic mass is 9.84. The molecule has 0 saturated heterocycles. The van der Waals surface area contributed by atoms with Crippen LogP contribution in [0.15, 0.2) is 34.3 Å². The molecule has 3 atom stereocenters. The van der Waals surface area contributed by atoms with Crippen LogP contribution >= 0.6 is 0 Å². The number of hydrogen-bond donors (Lipinski definition) is 4. The topological polar surface area (TPSA) is 208 Å². The van der Waals surface area contributed by atoms with Gasteiger partial charge in [-0.2, -0.15) is 18.6 Å². The lowest BCUT2D eigenvalue weighted by Crippen LogP contribution is -2.35. The Bertz CT molecular complexity index is 2670. The molecule has 19 heteroatoms. The number of methoxy groups -OCH3 is 1. The third kappa shape index (κ3) is 6.92. The molecule has 0 fully saturated rings. The van der Waals surface area contributed by atoms with E-state index in [1.807, 2.05) is 7.05 Å². The van der Waals surface area contributed by atoms with Gasteiger partial charge in [-0.05, 0) is 128 Å². The van der Waals surface area contributed by atoms with Crippen LogP contribution < -0.4 is 24.8 Å². The minimum Gasteiger partial charge on any atom is -0.476 e. The molecule has 17 nitrogen and oxygen atoms in total. The zero-order chi connectivity index (χ0) is 41.5. The Morgan fingerprint density at radius 2 is 1.55 bits per heavy atom. The van der Waals surface area contributed by atoms with Gasteiger partial charge in [0.25, 0.3) is 20.0 Å². The van der Waals surface area contributed by atoms with Crippen LogP contribution in [0.1, 0.15) is 75.4 Å². The van der Waals surface area contributed by atoms with Gasteiger partial charge in [-0.3, -0.25) is 9.58 Å². The van der Waals surface area contributed by atoms with E-state index in [4.69, 9.17) is 9.47 Å². The first-order valence-electron chi connectivity index (χ1n) is 20.8. The van der Waals surface area contributed by atoms with Crippen LogP contribution in [0.4, 0.5) is 21.0 Å². The maximum Gasteiger partial charge on any atom is 0.333 e. The smallest absolute Gasteiger partial charge is 0.333 e. The molecule has 0 spiro atoms. The van der Waals surface area contributed by atoms with Gasteiger partial charge in [0.05, 0.1) is 38.2 Å². The molecule has 0 radical (unpaired) electrons. The maximum atomic E-state index is 13.6. The maximum absolute atomic E-state index is 13.6. The number of ether oxygens (including phenoxy) is 2. The number of carbonyl (C=O) groups excluding carboxylic acids is 2. The van der Waals surface area contributed by atoms with E-state index in [9.17, 15) is 26.4 Å². The second kappa shape index (κ2) is 14.9. The second-order valence-corrected chi connectivity index (χ2v) is 20.5. The molecule has 10 rings (SSSR count). The van der Waals surface area contributed by atoms with Crippen LogP contribution in [0.5, 0.6) is 5.88 Å². The summed E-state index contributed by atoms with van der Waals surface area (Å²) in [4.78, 5) is 29.0. The van der Waals surface area contributed by atoms with E-state index >= 15 is 0 Å². The highest BCUT2D eigenvalue weighted by molar-refractivity contribution is 7.90. The fraction of sp³-hybridized carbons (Fsp3) is 0.512. The largest absolute Gasteiger partial charge is 0.476 e. The number of carbonyl (C=O) groups is 2. The van der Waals surface area contributed by atoms with Gasteiger partial charge in [-0.25, -0.2) is 32.1 Å². The van der Waals surface area contributed by atoms with Gasteiger partial charge in [0.15, 0.2) is 9.92 Å². The molecule has 0 saturated carbocycles. The van der Waals surface area contributed by atoms with E-state index in [0.717, 1.165) is 104 Å². The van der Waals surface area contributed by atoms with Gasteiger partial charge >= 0.3 is 12.1 Å². The number of nitrogens with zero attached hydrogens (tertiary/aromatic N) is 5. The second-order valence-electron chi connectivity index (χ2n) is 17.2. The Hall–Kier alpha value is -4.98. The van der Waals surface area contributed by atoms with Gasteiger partial charge in [0.2, 0.25) is 5.88 Å². The van der Waals surface area contributed by atoms with Gasteiger partial charge in [0.1, 0.15) is 0 Å². The van der Waals surface area contributed by atoms with Gasteiger partial charge in [-0.1, -0.05) is 12.1 Å². The molecule has 4 aliphatic carbocycles. The van der Waals surface area contributed by atoms with E-state index in [2.05, 4.69) is 47.3 Å². The lowest BCUT2D eigenvalue weighted by molar-refractivity contribution is 0.0779. The number of fused-ring (bicyclic) bond motifs is 6. The Morgan fingerprint density at radius 3 is 2.30 bits per heavy atom. The minimum absolute atomic E-state index is 0.0252. The number of rotatable bonds is 9. The molecule has 6 aliphatic rings. The lowest BCUT2D eigenvalue weighted by Gasteiger charge is -2.24. The number of sulfonamides is 2. The number of likely N-dealkylation sites (N-methyl/N-ethyl adjacent to an activating group) is 1. The van der Waals surface area contributed by atoms with Crippen molar-refractivity contribution < 1.29 is 35.9 Å². The molecular weight excluding hydrogens is 811 g/mol. The van der Waals surface area contributed by atoms with Crippen LogP contribution in [0, 0.1) is 11.8 Å². The summed E-state index contributed by atoms with van der Waals surface area (Å²) in [5, 5.41) is 14.3. The van der Waals surface area contributed by atoms with Crippen molar-refractivity contribution in [3.63, 3.8) is 0 Å². The zero-order valence-corrected chi connectivity index (χ0v) is 35.3. The SMILES string of the molecule is COCC1COc2c(S(=O)(=O)NC(=O)Nc3c4c(cc5c3CC(C3CCc6c3cc3c(c6NC(=O)NS(=O)(=O)c6cc7n(n6)CCN(C)C7)CCC3)C5)CCC4)cnn2C1. The third-order valence-electron chi connectivity index (χ3n) is 13.3. The molecule has 4 aromatic rings. The normalized spacial score (nSPS) is 21.6. The van der Waals surface area contributed by atoms with E-state index in [-0.39, 0.29) is 40.2 Å². The molecule has 60 heavy (non-hydrogen) atoms. The highest BCUT2D eigenvalue weighted by atomic mass is 32.2. The van der Waals surface area contributed by atoms with Crippen molar-refractivity contribution >= 4 is 43.5 Å². The van der Waals surface area contributed by atoms with E-state index in [0.29, 0.717) is 38.3 Å². The first kappa shape index (κ1) is 39.2. The number of benzene rings is 2. The number of aryl methyl sites for hydroxylation is 2. The Labute approximate surface area is 348 Å². The summed E-state index contributed by atoms with van der Waals surface area (Å²) in [5.74, 6) is 0.507. The number of urea groups is 2. The average Bonchev–Trinajstić information content (AvgIpc) is 4.04. The van der Waals surface area contributed by atoms with Crippen LogP contribution in [-0.4, -0.2) is 87.3 Å². The molecule has 4 N–H and O–H groups in total. The number of anilines is 2. The molecule has 0 bridgehead atoms. The fourth-order valence-corrected chi connectivity index (χ4v) is 12.5. The van der Waals surface area contributed by atoms with Gasteiger partial charge in [-0.15, -0.1) is 0 Å². The van der Waals surface area contributed by atoms with Crippen molar-refractivity contribution in [1.82, 2.24) is 33.9 Å². The summed E-state index contributed by atoms with van der Waals surface area (Å²) in [6, 6.07) is 4.46. The molecule has 3 unspecified atom stereocenters. The van der Waals surface area contributed by atoms with Crippen LogP contribution in [0.3, 0.4) is 0 Å². The van der Waals surface area contributed by atoms with Crippen molar-refractivity contribution in [1.29, 1.82) is 0 Å². The highest BCUT2D eigenvalue weighted by Gasteiger charge is 2.40. The standard InChI is InChI=1S/C41H49N9O8S2/c1-48-11-12-49-28(20-48)17-36(45-49)60(55,56)47-41(52)43-37-31-8-4-6-25(31)15-34-29(9-10-32(34)37)27-14-26-13-24-5-3-7-30(24)38(33(26)16-27)44-40(51)46-59(53,54)35-18-42-50-19-23(21-57-2)22-58-39(35)50/h13,15,17-18,23,27,29H,3-12,14,16,19-22H2,1-2H3,(H2,43,47,52)(H2,44,46,51). The molecule has 4 amide bonds. The number of hydrogen-bond acceptors (Lipinski definition) is 11. The van der Waals surface area contributed by atoms with E-state index in [1.54, 1.807) is 11.8 Å². The van der Waals surface area contributed by atoms with Crippen LogP contribution in [0.25, 0.3) is 0 Å². The Balaban J connectivity index is 0.872. The van der Waals surface area contributed by atoms with Crippen molar-refractivity contribution in [2.24, 2.45) is 11.8 Å². The van der Waals surface area contributed by atoms with Crippen LogP contribution in [-0.2, 0) is 89.4 Å². The Morgan fingerprint density at radius 1 is 0.833 bits per heavy atom. The molecule has 318 valence electrons. The van der Waals surface area contributed by atoms with E-state index < -0.39 is 32.1 Å². The molecular formula is C41H49N9O8S2. The van der Waals surface area contributed by atoms with Gasteiger partial charge < -0.3 is 20.1 Å². The number of amides is 4. The monoisotopic (exact) mass is 859 g/mol. The van der Waals surface area contributed by atoms with Crippen molar-refractivity contribution in [2.45, 2.75) is 99.7 Å². The first-order chi connectivity index (χ1) is 28.8.